The number of hydrogen-bond donors (Lipinski definition) is 2. The smallest absolute Gasteiger partial charge is 0.274 e. The molecule has 27 heavy (non-hydrogen) atoms. The average Bonchev–Trinajstić information content (AvgIpc) is 2.64. The van der Waals surface area contributed by atoms with E-state index in [0.29, 0.717) is 5.02 Å². The lowest BCUT2D eigenvalue weighted by molar-refractivity contribution is -0.385. The van der Waals surface area contributed by atoms with Crippen molar-refractivity contribution < 1.29 is 19.6 Å². The number of hydrazone groups is 1. The molecule has 10 heteroatoms. The standard InChI is InChI=1S/C17H16ClN3O5S/c1-2-26-15-8-13(21(24)25)7-11(17(15)23)9-19-20-16(22)10-27-14-5-3-12(18)4-6-14/h3-9,23H,2,10H2,1H3,(H,20,22)/b19-9-. The first kappa shape index (κ1) is 20.5. The van der Waals surface area contributed by atoms with E-state index >= 15 is 0 Å². The molecule has 1 amide bonds. The molecule has 0 unspecified atom stereocenters. The zero-order chi connectivity index (χ0) is 19.8. The van der Waals surface area contributed by atoms with Gasteiger partial charge in [-0.2, -0.15) is 5.10 Å². The van der Waals surface area contributed by atoms with Crippen LogP contribution in [-0.2, 0) is 4.79 Å². The number of non-ortho nitro benzene ring substituents is 1. The fourth-order valence-electron chi connectivity index (χ4n) is 1.97. The maximum absolute atomic E-state index is 11.8. The Bertz CT molecular complexity index is 858. The number of thioether (sulfide) groups is 1. The first-order valence-corrected chi connectivity index (χ1v) is 9.11. The van der Waals surface area contributed by atoms with Gasteiger partial charge >= 0.3 is 0 Å². The Balaban J connectivity index is 2.00. The topological polar surface area (TPSA) is 114 Å². The number of nitro benzene ring substituents is 1. The summed E-state index contributed by atoms with van der Waals surface area (Å²) in [4.78, 5) is 23.1. The molecule has 2 aromatic rings. The summed E-state index contributed by atoms with van der Waals surface area (Å²) >= 11 is 7.09. The molecule has 2 rings (SSSR count). The van der Waals surface area contributed by atoms with Crippen LogP contribution in [0.5, 0.6) is 11.5 Å². The molecular weight excluding hydrogens is 394 g/mol. The molecule has 0 aliphatic carbocycles. The van der Waals surface area contributed by atoms with Gasteiger partial charge in [0.15, 0.2) is 11.5 Å². The van der Waals surface area contributed by atoms with Gasteiger partial charge in [-0.05, 0) is 31.2 Å². The highest BCUT2D eigenvalue weighted by atomic mass is 35.5. The van der Waals surface area contributed by atoms with Gasteiger partial charge in [0.2, 0.25) is 5.91 Å². The number of halogens is 1. The summed E-state index contributed by atoms with van der Waals surface area (Å²) in [6.07, 6.45) is 1.12. The molecule has 0 saturated carbocycles. The van der Waals surface area contributed by atoms with E-state index in [1.165, 1.54) is 11.8 Å². The Morgan fingerprint density at radius 3 is 2.74 bits per heavy atom. The van der Waals surface area contributed by atoms with Crippen molar-refractivity contribution in [3.05, 3.63) is 57.1 Å². The van der Waals surface area contributed by atoms with Gasteiger partial charge in [0, 0.05) is 21.5 Å². The van der Waals surface area contributed by atoms with Crippen LogP contribution < -0.4 is 10.2 Å². The number of phenolic OH excluding ortho intramolecular Hbond substituents is 1. The molecule has 2 N–H and O–H groups in total. The number of benzene rings is 2. The van der Waals surface area contributed by atoms with Crippen molar-refractivity contribution in [3.63, 3.8) is 0 Å². The SMILES string of the molecule is CCOc1cc([N+](=O)[O-])cc(/C=N\NC(=O)CSc2ccc(Cl)cc2)c1O. The minimum Gasteiger partial charge on any atom is -0.504 e. The van der Waals surface area contributed by atoms with Crippen molar-refractivity contribution in [1.29, 1.82) is 0 Å². The molecule has 0 aliphatic rings. The van der Waals surface area contributed by atoms with Crippen LogP contribution in [-0.4, -0.2) is 34.5 Å². The van der Waals surface area contributed by atoms with Crippen LogP contribution in [0.15, 0.2) is 46.4 Å². The number of hydrogen-bond acceptors (Lipinski definition) is 7. The summed E-state index contributed by atoms with van der Waals surface area (Å²) in [5.74, 6) is -0.584. The van der Waals surface area contributed by atoms with Crippen molar-refractivity contribution in [2.45, 2.75) is 11.8 Å². The van der Waals surface area contributed by atoms with Gasteiger partial charge in [-0.1, -0.05) is 11.6 Å². The molecular formula is C17H16ClN3O5S. The zero-order valence-electron chi connectivity index (χ0n) is 14.2. The Labute approximate surface area is 164 Å². The van der Waals surface area contributed by atoms with E-state index in [4.69, 9.17) is 16.3 Å². The lowest BCUT2D eigenvalue weighted by atomic mass is 10.1. The largest absolute Gasteiger partial charge is 0.504 e. The highest BCUT2D eigenvalue weighted by molar-refractivity contribution is 8.00. The molecule has 0 heterocycles. The minimum absolute atomic E-state index is 0.0298. The van der Waals surface area contributed by atoms with Gasteiger partial charge < -0.3 is 9.84 Å². The van der Waals surface area contributed by atoms with E-state index in [0.717, 1.165) is 23.2 Å². The number of carbonyl (C=O) groups excluding carboxylic acids is 1. The number of aromatic hydroxyl groups is 1. The maximum Gasteiger partial charge on any atom is 0.274 e. The van der Waals surface area contributed by atoms with Crippen molar-refractivity contribution in [2.24, 2.45) is 5.10 Å². The van der Waals surface area contributed by atoms with Crippen molar-refractivity contribution >= 4 is 41.2 Å². The minimum atomic E-state index is -0.610. The van der Waals surface area contributed by atoms with E-state index in [-0.39, 0.29) is 41.0 Å². The number of phenols is 1. The molecule has 0 atom stereocenters. The molecule has 0 aliphatic heterocycles. The molecule has 0 bridgehead atoms. The summed E-state index contributed by atoms with van der Waals surface area (Å²) in [6.45, 7) is 1.91. The summed E-state index contributed by atoms with van der Waals surface area (Å²) in [5, 5.41) is 25.4. The van der Waals surface area contributed by atoms with Crippen LogP contribution in [0.2, 0.25) is 5.02 Å². The van der Waals surface area contributed by atoms with E-state index in [9.17, 15) is 20.0 Å². The fourth-order valence-corrected chi connectivity index (χ4v) is 2.79. The summed E-state index contributed by atoms with van der Waals surface area (Å²) < 4.78 is 5.18. The normalized spacial score (nSPS) is 10.7. The van der Waals surface area contributed by atoms with Crippen LogP contribution in [0.25, 0.3) is 0 Å². The highest BCUT2D eigenvalue weighted by Crippen LogP contribution is 2.33. The van der Waals surface area contributed by atoms with Crippen molar-refractivity contribution in [2.75, 3.05) is 12.4 Å². The molecule has 0 spiro atoms. The van der Waals surface area contributed by atoms with Gasteiger partial charge in [0.25, 0.3) is 5.69 Å². The molecule has 0 aromatic heterocycles. The average molecular weight is 410 g/mol. The predicted molar refractivity (Wildman–Crippen MR) is 104 cm³/mol. The van der Waals surface area contributed by atoms with Crippen LogP contribution in [0.4, 0.5) is 5.69 Å². The number of nitrogens with zero attached hydrogens (tertiary/aromatic N) is 2. The monoisotopic (exact) mass is 409 g/mol. The summed E-state index contributed by atoms with van der Waals surface area (Å²) in [6, 6.07) is 9.29. The molecule has 8 nitrogen and oxygen atoms in total. The van der Waals surface area contributed by atoms with Crippen molar-refractivity contribution in [1.82, 2.24) is 5.43 Å². The quantitative estimate of drug-likeness (QED) is 0.298. The first-order valence-electron chi connectivity index (χ1n) is 7.75. The van der Waals surface area contributed by atoms with Gasteiger partial charge in [0.1, 0.15) is 0 Å². The number of ether oxygens (including phenoxy) is 1. The third-order valence-electron chi connectivity index (χ3n) is 3.18. The van der Waals surface area contributed by atoms with Gasteiger partial charge in [-0.3, -0.25) is 14.9 Å². The maximum atomic E-state index is 11.8. The van der Waals surface area contributed by atoms with Crippen LogP contribution in [0.3, 0.4) is 0 Å². The van der Waals surface area contributed by atoms with Gasteiger partial charge in [-0.25, -0.2) is 5.43 Å². The zero-order valence-corrected chi connectivity index (χ0v) is 15.8. The van der Waals surface area contributed by atoms with E-state index < -0.39 is 4.92 Å². The van der Waals surface area contributed by atoms with E-state index in [1.54, 1.807) is 31.2 Å². The Morgan fingerprint density at radius 2 is 2.11 bits per heavy atom. The van der Waals surface area contributed by atoms with Crippen LogP contribution >= 0.6 is 23.4 Å². The van der Waals surface area contributed by atoms with Gasteiger partial charge in [0.05, 0.1) is 29.6 Å². The second-order valence-corrected chi connectivity index (χ2v) is 6.59. The summed E-state index contributed by atoms with van der Waals surface area (Å²) in [7, 11) is 0. The Hall–Kier alpha value is -2.78. The number of rotatable bonds is 8. The lowest BCUT2D eigenvalue weighted by Crippen LogP contribution is -2.19. The molecule has 0 radical (unpaired) electrons. The second kappa shape index (κ2) is 9.79. The Morgan fingerprint density at radius 1 is 1.41 bits per heavy atom. The Kier molecular flexibility index (Phi) is 7.44. The highest BCUT2D eigenvalue weighted by Gasteiger charge is 2.16. The van der Waals surface area contributed by atoms with Crippen LogP contribution in [0, 0.1) is 10.1 Å². The van der Waals surface area contributed by atoms with Crippen LogP contribution in [0.1, 0.15) is 12.5 Å². The molecule has 142 valence electrons. The van der Waals surface area contributed by atoms with E-state index in [1.807, 2.05) is 0 Å². The first-order chi connectivity index (χ1) is 12.9. The fraction of sp³-hybridized carbons (Fsp3) is 0.176. The molecule has 0 saturated heterocycles. The third kappa shape index (κ3) is 6.15. The third-order valence-corrected chi connectivity index (χ3v) is 4.44. The number of amides is 1. The number of nitro groups is 1. The van der Waals surface area contributed by atoms with E-state index in [2.05, 4.69) is 10.5 Å². The summed E-state index contributed by atoms with van der Waals surface area (Å²) in [5.41, 5.74) is 2.09. The predicted octanol–water partition coefficient (Wildman–Crippen LogP) is 3.59. The second-order valence-electron chi connectivity index (χ2n) is 5.11. The van der Waals surface area contributed by atoms with Gasteiger partial charge in [-0.15, -0.1) is 11.8 Å². The molecule has 2 aromatic carbocycles. The lowest BCUT2D eigenvalue weighted by Gasteiger charge is -2.08. The molecule has 0 fully saturated rings. The number of nitrogens with one attached hydrogen (secondary N) is 1. The number of carbonyl (C=O) groups is 1. The van der Waals surface area contributed by atoms with Crippen molar-refractivity contribution in [3.8, 4) is 11.5 Å².